The highest BCUT2D eigenvalue weighted by molar-refractivity contribution is 5.83. The summed E-state index contributed by atoms with van der Waals surface area (Å²) < 4.78 is 5.12. The Balaban J connectivity index is 2.37. The minimum absolute atomic E-state index is 0.329. The van der Waals surface area contributed by atoms with Gasteiger partial charge < -0.3 is 15.2 Å². The summed E-state index contributed by atoms with van der Waals surface area (Å²) in [5, 5.41) is 12.5. The lowest BCUT2D eigenvalue weighted by Gasteiger charge is -2.26. The molecule has 1 unspecified atom stereocenters. The smallest absolute Gasteiger partial charge is 0.335 e. The van der Waals surface area contributed by atoms with E-state index in [1.54, 1.807) is 38.3 Å². The van der Waals surface area contributed by atoms with Gasteiger partial charge in [-0.15, -0.1) is 0 Å². The molecule has 0 aliphatic heterocycles. The van der Waals surface area contributed by atoms with Crippen molar-refractivity contribution in [2.75, 3.05) is 12.4 Å². The Hall–Kier alpha value is -2.63. The van der Waals surface area contributed by atoms with Gasteiger partial charge in [-0.25, -0.2) is 4.79 Å². The van der Waals surface area contributed by atoms with Gasteiger partial charge in [0.15, 0.2) is 5.54 Å². The lowest BCUT2D eigenvalue weighted by molar-refractivity contribution is -0.142. The normalized spacial score (nSPS) is 13.3. The summed E-state index contributed by atoms with van der Waals surface area (Å²) in [5.74, 6) is -0.400. The second kappa shape index (κ2) is 5.56. The molecule has 0 amide bonds. The summed E-state index contributed by atoms with van der Waals surface area (Å²) in [6.45, 7) is 1.54. The number of nitrogens with one attached hydrogen (secondary N) is 1. The highest BCUT2D eigenvalue weighted by atomic mass is 16.5. The first-order valence-electron chi connectivity index (χ1n) is 5.98. The van der Waals surface area contributed by atoms with Crippen LogP contribution in [0, 0.1) is 0 Å². The minimum Gasteiger partial charge on any atom is -0.497 e. The van der Waals surface area contributed by atoms with E-state index in [1.165, 1.54) is 18.6 Å². The van der Waals surface area contributed by atoms with Crippen LogP contribution in [0.4, 0.5) is 5.69 Å². The number of methoxy groups -OCH3 is 1. The van der Waals surface area contributed by atoms with Crippen LogP contribution in [0.5, 0.6) is 5.75 Å². The van der Waals surface area contributed by atoms with E-state index in [2.05, 4.69) is 15.3 Å². The van der Waals surface area contributed by atoms with Crippen molar-refractivity contribution in [1.29, 1.82) is 0 Å². The Labute approximate surface area is 116 Å². The fraction of sp³-hybridized carbons (Fsp3) is 0.214. The van der Waals surface area contributed by atoms with Gasteiger partial charge in [0.1, 0.15) is 5.75 Å². The standard InChI is InChI=1S/C14H15N3O3/c1-14(13(18)19,12-9-15-6-7-16-12)17-10-4-3-5-11(8-10)20-2/h3-9,17H,1-2H3,(H,18,19). The lowest BCUT2D eigenvalue weighted by atomic mass is 9.97. The number of hydrogen-bond donors (Lipinski definition) is 2. The van der Waals surface area contributed by atoms with Gasteiger partial charge in [0.25, 0.3) is 0 Å². The highest BCUT2D eigenvalue weighted by Gasteiger charge is 2.37. The van der Waals surface area contributed by atoms with E-state index in [1.807, 2.05) is 0 Å². The van der Waals surface area contributed by atoms with Crippen LogP contribution in [0.2, 0.25) is 0 Å². The Morgan fingerprint density at radius 2 is 2.20 bits per heavy atom. The number of hydrogen-bond acceptors (Lipinski definition) is 5. The van der Waals surface area contributed by atoms with Crippen molar-refractivity contribution in [2.45, 2.75) is 12.5 Å². The Morgan fingerprint density at radius 3 is 2.80 bits per heavy atom. The summed E-state index contributed by atoms with van der Waals surface area (Å²) in [5.41, 5.74) is -0.420. The van der Waals surface area contributed by atoms with E-state index in [-0.39, 0.29) is 0 Å². The number of nitrogens with zero attached hydrogens (tertiary/aromatic N) is 2. The van der Waals surface area contributed by atoms with Gasteiger partial charge in [0.05, 0.1) is 19.0 Å². The van der Waals surface area contributed by atoms with Gasteiger partial charge in [-0.2, -0.15) is 0 Å². The number of carboxylic acid groups (broad SMARTS) is 1. The molecule has 2 aromatic rings. The van der Waals surface area contributed by atoms with E-state index in [9.17, 15) is 9.90 Å². The zero-order valence-electron chi connectivity index (χ0n) is 11.2. The van der Waals surface area contributed by atoms with Gasteiger partial charge in [0.2, 0.25) is 0 Å². The summed E-state index contributed by atoms with van der Waals surface area (Å²) >= 11 is 0. The number of aromatic nitrogens is 2. The molecular weight excluding hydrogens is 258 g/mol. The Kier molecular flexibility index (Phi) is 3.84. The van der Waals surface area contributed by atoms with Gasteiger partial charge in [-0.3, -0.25) is 9.97 Å². The maximum absolute atomic E-state index is 11.6. The van der Waals surface area contributed by atoms with Crippen molar-refractivity contribution in [3.05, 3.63) is 48.5 Å². The second-order valence-electron chi connectivity index (χ2n) is 4.38. The molecule has 2 rings (SSSR count). The van der Waals surface area contributed by atoms with Crippen LogP contribution < -0.4 is 10.1 Å². The number of aliphatic carboxylic acids is 1. The van der Waals surface area contributed by atoms with Crippen LogP contribution in [0.3, 0.4) is 0 Å². The van der Waals surface area contributed by atoms with Crippen LogP contribution in [-0.4, -0.2) is 28.2 Å². The average molecular weight is 273 g/mol. The average Bonchev–Trinajstić information content (AvgIpc) is 2.48. The van der Waals surface area contributed by atoms with Crippen molar-refractivity contribution >= 4 is 11.7 Å². The van der Waals surface area contributed by atoms with Crippen molar-refractivity contribution in [1.82, 2.24) is 9.97 Å². The molecule has 0 fully saturated rings. The molecule has 20 heavy (non-hydrogen) atoms. The first kappa shape index (κ1) is 13.8. The first-order valence-corrected chi connectivity index (χ1v) is 5.98. The predicted octanol–water partition coefficient (Wildman–Crippen LogP) is 1.90. The molecule has 0 radical (unpaired) electrons. The summed E-state index contributed by atoms with van der Waals surface area (Å²) in [6.07, 6.45) is 4.39. The number of anilines is 1. The SMILES string of the molecule is COc1cccc(NC(C)(C(=O)O)c2cnccn2)c1. The van der Waals surface area contributed by atoms with Crippen LogP contribution >= 0.6 is 0 Å². The quantitative estimate of drug-likeness (QED) is 0.865. The molecule has 1 aromatic heterocycles. The number of carboxylic acids is 1. The molecule has 104 valence electrons. The maximum Gasteiger partial charge on any atom is 0.335 e. The van der Waals surface area contributed by atoms with Crippen LogP contribution in [0.25, 0.3) is 0 Å². The van der Waals surface area contributed by atoms with Gasteiger partial charge in [-0.1, -0.05) is 6.07 Å². The molecule has 1 atom stereocenters. The zero-order valence-corrected chi connectivity index (χ0v) is 11.2. The molecule has 1 aromatic carbocycles. The maximum atomic E-state index is 11.6. The van der Waals surface area contributed by atoms with Crippen LogP contribution in [-0.2, 0) is 10.3 Å². The monoisotopic (exact) mass is 273 g/mol. The van der Waals surface area contributed by atoms with Crippen molar-refractivity contribution in [3.8, 4) is 5.75 Å². The number of ether oxygens (including phenoxy) is 1. The topological polar surface area (TPSA) is 84.3 Å². The summed E-state index contributed by atoms with van der Waals surface area (Å²) in [4.78, 5) is 19.6. The molecule has 0 saturated heterocycles. The number of rotatable bonds is 5. The highest BCUT2D eigenvalue weighted by Crippen LogP contribution is 2.26. The molecule has 0 bridgehead atoms. The zero-order chi connectivity index (χ0) is 14.6. The largest absolute Gasteiger partial charge is 0.497 e. The molecule has 6 nitrogen and oxygen atoms in total. The van der Waals surface area contributed by atoms with Crippen molar-refractivity contribution in [3.63, 3.8) is 0 Å². The fourth-order valence-corrected chi connectivity index (χ4v) is 1.77. The van der Waals surface area contributed by atoms with E-state index < -0.39 is 11.5 Å². The fourth-order valence-electron chi connectivity index (χ4n) is 1.77. The molecule has 0 saturated carbocycles. The van der Waals surface area contributed by atoms with Gasteiger partial charge in [-0.05, 0) is 19.1 Å². The third kappa shape index (κ3) is 2.69. The van der Waals surface area contributed by atoms with E-state index >= 15 is 0 Å². The van der Waals surface area contributed by atoms with E-state index in [0.29, 0.717) is 17.1 Å². The first-order chi connectivity index (χ1) is 9.56. The predicted molar refractivity (Wildman–Crippen MR) is 73.6 cm³/mol. The number of carbonyl (C=O) groups is 1. The molecule has 6 heteroatoms. The van der Waals surface area contributed by atoms with Crippen LogP contribution in [0.1, 0.15) is 12.6 Å². The summed E-state index contributed by atoms with van der Waals surface area (Å²) in [7, 11) is 1.55. The molecular formula is C14H15N3O3. The van der Waals surface area contributed by atoms with Gasteiger partial charge in [0, 0.05) is 24.1 Å². The van der Waals surface area contributed by atoms with Crippen LogP contribution in [0.15, 0.2) is 42.9 Å². The number of benzene rings is 1. The molecule has 0 aliphatic carbocycles. The third-order valence-electron chi connectivity index (χ3n) is 2.97. The van der Waals surface area contributed by atoms with Crippen molar-refractivity contribution in [2.24, 2.45) is 0 Å². The van der Waals surface area contributed by atoms with Crippen molar-refractivity contribution < 1.29 is 14.6 Å². The summed E-state index contributed by atoms with van der Waals surface area (Å²) in [6, 6.07) is 7.04. The molecule has 1 heterocycles. The lowest BCUT2D eigenvalue weighted by Crippen LogP contribution is -2.41. The third-order valence-corrected chi connectivity index (χ3v) is 2.97. The Morgan fingerprint density at radius 1 is 1.40 bits per heavy atom. The van der Waals surface area contributed by atoms with Gasteiger partial charge >= 0.3 is 5.97 Å². The Bertz CT molecular complexity index is 604. The minimum atomic E-state index is -1.37. The second-order valence-corrected chi connectivity index (χ2v) is 4.38. The van der Waals surface area contributed by atoms with E-state index in [0.717, 1.165) is 0 Å². The molecule has 2 N–H and O–H groups in total. The molecule has 0 aliphatic rings. The molecule has 0 spiro atoms. The van der Waals surface area contributed by atoms with E-state index in [4.69, 9.17) is 4.74 Å².